The molecule has 0 heterocycles. The van der Waals surface area contributed by atoms with Crippen molar-refractivity contribution in [2.75, 3.05) is 6.54 Å². The first-order valence-electron chi connectivity index (χ1n) is 6.15. The summed E-state index contributed by atoms with van der Waals surface area (Å²) in [6, 6.07) is 6.25. The average molecular weight is 251 g/mol. The summed E-state index contributed by atoms with van der Waals surface area (Å²) >= 11 is 0. The maximum absolute atomic E-state index is 10.3. The summed E-state index contributed by atoms with van der Waals surface area (Å²) in [5.74, 6) is -0.872. The van der Waals surface area contributed by atoms with E-state index in [-0.39, 0.29) is 12.8 Å². The molecule has 0 saturated heterocycles. The third-order valence-electron chi connectivity index (χ3n) is 2.88. The average Bonchev–Trinajstić information content (AvgIpc) is 2.29. The number of carboxylic acids is 1. The molecule has 3 N–H and O–H groups in total. The smallest absolute Gasteiger partial charge is 0.303 e. The van der Waals surface area contributed by atoms with E-state index in [4.69, 9.17) is 5.11 Å². The van der Waals surface area contributed by atoms with Gasteiger partial charge in [-0.3, -0.25) is 4.79 Å². The molecule has 18 heavy (non-hydrogen) atoms. The van der Waals surface area contributed by atoms with Crippen molar-refractivity contribution in [2.45, 2.75) is 39.3 Å². The maximum atomic E-state index is 10.3. The minimum absolute atomic E-state index is 0.00636. The van der Waals surface area contributed by atoms with Gasteiger partial charge in [0.2, 0.25) is 0 Å². The van der Waals surface area contributed by atoms with E-state index in [0.717, 1.165) is 0 Å². The van der Waals surface area contributed by atoms with Gasteiger partial charge in [-0.1, -0.05) is 23.8 Å². The van der Waals surface area contributed by atoms with Crippen molar-refractivity contribution in [3.63, 3.8) is 0 Å². The lowest BCUT2D eigenvalue weighted by atomic mass is 10.1. The molecule has 0 radical (unpaired) electrons. The zero-order valence-electron chi connectivity index (χ0n) is 10.9. The predicted molar refractivity (Wildman–Crippen MR) is 70.5 cm³/mol. The van der Waals surface area contributed by atoms with Gasteiger partial charge in [0.15, 0.2) is 0 Å². The second kappa shape index (κ2) is 7.13. The Labute approximate surface area is 108 Å². The number of hydrogen-bond donors (Lipinski definition) is 3. The quantitative estimate of drug-likeness (QED) is 0.688. The highest BCUT2D eigenvalue weighted by molar-refractivity contribution is 5.66. The van der Waals surface area contributed by atoms with Crippen molar-refractivity contribution in [2.24, 2.45) is 0 Å². The molecule has 0 saturated carbocycles. The molecule has 0 aliphatic rings. The van der Waals surface area contributed by atoms with Crippen LogP contribution in [0.3, 0.4) is 0 Å². The van der Waals surface area contributed by atoms with E-state index in [0.29, 0.717) is 13.1 Å². The molecule has 1 aromatic rings. The van der Waals surface area contributed by atoms with E-state index in [1.165, 1.54) is 16.7 Å². The van der Waals surface area contributed by atoms with Crippen molar-refractivity contribution in [1.82, 2.24) is 5.32 Å². The second-order valence-electron chi connectivity index (χ2n) is 4.65. The first kappa shape index (κ1) is 14.7. The normalized spacial score (nSPS) is 12.4. The van der Waals surface area contributed by atoms with Gasteiger partial charge in [-0.25, -0.2) is 0 Å². The molecule has 100 valence electrons. The van der Waals surface area contributed by atoms with Gasteiger partial charge in [0.05, 0.1) is 6.10 Å². The molecule has 1 aromatic carbocycles. The summed E-state index contributed by atoms with van der Waals surface area (Å²) in [5.41, 5.74) is 3.66. The van der Waals surface area contributed by atoms with Gasteiger partial charge < -0.3 is 15.5 Å². The summed E-state index contributed by atoms with van der Waals surface area (Å²) in [4.78, 5) is 10.3. The number of aryl methyl sites for hydroxylation is 2. The Balaban J connectivity index is 2.30. The molecule has 0 bridgehead atoms. The van der Waals surface area contributed by atoms with Crippen LogP contribution in [0.1, 0.15) is 29.5 Å². The van der Waals surface area contributed by atoms with Crippen molar-refractivity contribution in [3.8, 4) is 0 Å². The van der Waals surface area contributed by atoms with E-state index in [2.05, 4.69) is 37.4 Å². The van der Waals surface area contributed by atoms with Crippen LogP contribution >= 0.6 is 0 Å². The number of aliphatic hydroxyl groups is 1. The lowest BCUT2D eigenvalue weighted by Gasteiger charge is -2.12. The van der Waals surface area contributed by atoms with Crippen molar-refractivity contribution >= 4 is 5.97 Å². The number of nitrogens with one attached hydrogen (secondary N) is 1. The van der Waals surface area contributed by atoms with Crippen LogP contribution < -0.4 is 5.32 Å². The minimum atomic E-state index is -0.872. The Morgan fingerprint density at radius 2 is 2.11 bits per heavy atom. The topological polar surface area (TPSA) is 69.6 Å². The number of carboxylic acid groups (broad SMARTS) is 1. The Bertz CT molecular complexity index is 404. The van der Waals surface area contributed by atoms with Crippen molar-refractivity contribution in [3.05, 3.63) is 34.9 Å². The Morgan fingerprint density at radius 3 is 2.72 bits per heavy atom. The van der Waals surface area contributed by atoms with Crippen LogP contribution in [0.15, 0.2) is 18.2 Å². The van der Waals surface area contributed by atoms with E-state index in [1.807, 2.05) is 0 Å². The summed E-state index contributed by atoms with van der Waals surface area (Å²) < 4.78 is 0. The van der Waals surface area contributed by atoms with E-state index < -0.39 is 12.1 Å². The third-order valence-corrected chi connectivity index (χ3v) is 2.88. The number of aliphatic hydroxyl groups excluding tert-OH is 1. The van der Waals surface area contributed by atoms with Crippen LogP contribution in [-0.4, -0.2) is 28.8 Å². The van der Waals surface area contributed by atoms with Crippen LogP contribution in [0.4, 0.5) is 0 Å². The fourth-order valence-corrected chi connectivity index (χ4v) is 1.81. The fraction of sp³-hybridized carbons (Fsp3) is 0.500. The van der Waals surface area contributed by atoms with Gasteiger partial charge in [-0.05, 0) is 31.4 Å². The van der Waals surface area contributed by atoms with E-state index >= 15 is 0 Å². The highest BCUT2D eigenvalue weighted by atomic mass is 16.4. The maximum Gasteiger partial charge on any atom is 0.303 e. The Kier molecular flexibility index (Phi) is 5.82. The van der Waals surface area contributed by atoms with Gasteiger partial charge in [-0.2, -0.15) is 0 Å². The number of carbonyl (C=O) groups is 1. The standard InChI is InChI=1S/C14H21NO3/c1-10-3-4-12(11(2)7-10)8-15-9-13(16)5-6-14(17)18/h3-4,7,13,15-16H,5-6,8-9H2,1-2H3,(H,17,18). The van der Waals surface area contributed by atoms with Gasteiger partial charge in [0.1, 0.15) is 0 Å². The molecule has 0 aliphatic carbocycles. The molecule has 4 heteroatoms. The number of rotatable bonds is 7. The van der Waals surface area contributed by atoms with Gasteiger partial charge in [0, 0.05) is 19.5 Å². The van der Waals surface area contributed by atoms with Crippen LogP contribution in [0.5, 0.6) is 0 Å². The molecule has 0 aliphatic heterocycles. The molecule has 0 amide bonds. The molecule has 1 atom stereocenters. The summed E-state index contributed by atoms with van der Waals surface area (Å²) in [6.07, 6.45) is -0.311. The van der Waals surface area contributed by atoms with Crippen LogP contribution in [0.25, 0.3) is 0 Å². The first-order valence-corrected chi connectivity index (χ1v) is 6.15. The SMILES string of the molecule is Cc1ccc(CNCC(O)CCC(=O)O)c(C)c1. The van der Waals surface area contributed by atoms with Gasteiger partial charge >= 0.3 is 5.97 Å². The zero-order chi connectivity index (χ0) is 13.5. The van der Waals surface area contributed by atoms with Crippen molar-refractivity contribution < 1.29 is 15.0 Å². The highest BCUT2D eigenvalue weighted by Crippen LogP contribution is 2.10. The second-order valence-corrected chi connectivity index (χ2v) is 4.65. The van der Waals surface area contributed by atoms with Crippen LogP contribution in [-0.2, 0) is 11.3 Å². The van der Waals surface area contributed by atoms with Gasteiger partial charge in [0.25, 0.3) is 0 Å². The van der Waals surface area contributed by atoms with Gasteiger partial charge in [-0.15, -0.1) is 0 Å². The number of benzene rings is 1. The highest BCUT2D eigenvalue weighted by Gasteiger charge is 2.07. The molecule has 1 rings (SSSR count). The van der Waals surface area contributed by atoms with E-state index in [9.17, 15) is 9.90 Å². The zero-order valence-corrected chi connectivity index (χ0v) is 10.9. The van der Waals surface area contributed by atoms with Crippen molar-refractivity contribution in [1.29, 1.82) is 0 Å². The monoisotopic (exact) mass is 251 g/mol. The number of hydrogen-bond acceptors (Lipinski definition) is 3. The third kappa shape index (κ3) is 5.29. The minimum Gasteiger partial charge on any atom is -0.481 e. The van der Waals surface area contributed by atoms with Crippen LogP contribution in [0.2, 0.25) is 0 Å². The fourth-order valence-electron chi connectivity index (χ4n) is 1.81. The molecule has 0 fully saturated rings. The lowest BCUT2D eigenvalue weighted by Crippen LogP contribution is -2.27. The Morgan fingerprint density at radius 1 is 1.39 bits per heavy atom. The molecular formula is C14H21NO3. The molecular weight excluding hydrogens is 230 g/mol. The lowest BCUT2D eigenvalue weighted by molar-refractivity contribution is -0.137. The first-order chi connectivity index (χ1) is 8.49. The number of aliphatic carboxylic acids is 1. The molecule has 0 aromatic heterocycles. The summed E-state index contributed by atoms with van der Waals surface area (Å²) in [7, 11) is 0. The molecule has 4 nitrogen and oxygen atoms in total. The predicted octanol–water partition coefficient (Wildman–Crippen LogP) is 1.62. The van der Waals surface area contributed by atoms with E-state index in [1.54, 1.807) is 0 Å². The van der Waals surface area contributed by atoms with Crippen LogP contribution in [0, 0.1) is 13.8 Å². The molecule has 1 unspecified atom stereocenters. The largest absolute Gasteiger partial charge is 0.481 e. The molecule has 0 spiro atoms. The summed E-state index contributed by atoms with van der Waals surface area (Å²) in [5, 5.41) is 21.2. The summed E-state index contributed by atoms with van der Waals surface area (Å²) in [6.45, 7) is 5.22. The Hall–Kier alpha value is -1.39.